The van der Waals surface area contributed by atoms with Gasteiger partial charge in [0.2, 0.25) is 0 Å². The Morgan fingerprint density at radius 3 is 2.43 bits per heavy atom. The third kappa shape index (κ3) is 4.74. The molecule has 0 bridgehead atoms. The highest BCUT2D eigenvalue weighted by molar-refractivity contribution is 7.12. The minimum absolute atomic E-state index is 0.0431. The van der Waals surface area contributed by atoms with E-state index in [0.29, 0.717) is 30.3 Å². The summed E-state index contributed by atoms with van der Waals surface area (Å²) in [5.74, 6) is 0.348. The van der Waals surface area contributed by atoms with Crippen LogP contribution < -0.4 is 4.74 Å². The van der Waals surface area contributed by atoms with Crippen molar-refractivity contribution in [2.45, 2.75) is 33.9 Å². The number of hydrogen-bond acceptors (Lipinski definition) is 5. The van der Waals surface area contributed by atoms with Crippen LogP contribution in [-0.2, 0) is 17.8 Å². The van der Waals surface area contributed by atoms with E-state index in [2.05, 4.69) is 4.98 Å². The smallest absolute Gasteiger partial charge is 0.355 e. The Bertz CT molecular complexity index is 1010. The van der Waals surface area contributed by atoms with E-state index in [4.69, 9.17) is 9.47 Å². The van der Waals surface area contributed by atoms with Crippen LogP contribution in [0.2, 0.25) is 0 Å². The first-order valence-corrected chi connectivity index (χ1v) is 10.6. The van der Waals surface area contributed by atoms with Crippen molar-refractivity contribution in [2.75, 3.05) is 13.7 Å². The number of aromatic nitrogens is 1. The van der Waals surface area contributed by atoms with Gasteiger partial charge in [-0.2, -0.15) is 0 Å². The molecule has 0 atom stereocenters. The van der Waals surface area contributed by atoms with Gasteiger partial charge in [-0.05, 0) is 61.0 Å². The van der Waals surface area contributed by atoms with Gasteiger partial charge in [-0.1, -0.05) is 18.2 Å². The number of nitrogens with zero attached hydrogens (tertiary/aromatic N) is 1. The molecule has 0 radical (unpaired) electrons. The van der Waals surface area contributed by atoms with E-state index in [1.165, 1.54) is 11.3 Å². The normalized spacial score (nSPS) is 10.7. The van der Waals surface area contributed by atoms with Crippen molar-refractivity contribution in [3.63, 3.8) is 0 Å². The highest BCUT2D eigenvalue weighted by atomic mass is 32.1. The average Bonchev–Trinajstić information content (AvgIpc) is 3.37. The summed E-state index contributed by atoms with van der Waals surface area (Å²) in [4.78, 5) is 31.1. The largest absolute Gasteiger partial charge is 0.497 e. The van der Waals surface area contributed by atoms with Crippen LogP contribution in [0, 0.1) is 13.8 Å². The molecule has 3 aromatic rings. The molecule has 6 nitrogen and oxygen atoms in total. The lowest BCUT2D eigenvalue weighted by Crippen LogP contribution is -2.30. The molecule has 0 aliphatic carbocycles. The zero-order valence-corrected chi connectivity index (χ0v) is 18.5. The van der Waals surface area contributed by atoms with Gasteiger partial charge in [0.05, 0.1) is 18.6 Å². The second-order valence-electron chi connectivity index (χ2n) is 6.94. The SMILES string of the molecule is CCOC(=O)c1[nH]c(C)c(CN(Cc2ccc(OC)cc2)C(=O)c2cccs2)c1C. The van der Waals surface area contributed by atoms with Crippen LogP contribution in [0.5, 0.6) is 5.75 Å². The van der Waals surface area contributed by atoms with Gasteiger partial charge >= 0.3 is 5.97 Å². The number of rotatable bonds is 8. The standard InChI is InChI=1S/C23H26N2O4S/c1-5-29-23(27)21-15(2)19(16(3)24-21)14-25(22(26)20-7-6-12-30-20)13-17-8-10-18(28-4)11-9-17/h6-12,24H,5,13-14H2,1-4H3. The zero-order valence-electron chi connectivity index (χ0n) is 17.7. The number of carbonyl (C=O) groups excluding carboxylic acids is 2. The van der Waals surface area contributed by atoms with Gasteiger partial charge < -0.3 is 19.4 Å². The van der Waals surface area contributed by atoms with Gasteiger partial charge in [-0.15, -0.1) is 11.3 Å². The fourth-order valence-electron chi connectivity index (χ4n) is 3.33. The van der Waals surface area contributed by atoms with Gasteiger partial charge in [-0.3, -0.25) is 4.79 Å². The number of methoxy groups -OCH3 is 1. The third-order valence-corrected chi connectivity index (χ3v) is 5.83. The fraction of sp³-hybridized carbons (Fsp3) is 0.304. The second kappa shape index (κ2) is 9.63. The Kier molecular flexibility index (Phi) is 6.95. The summed E-state index contributed by atoms with van der Waals surface area (Å²) in [6.07, 6.45) is 0. The molecule has 0 saturated carbocycles. The van der Waals surface area contributed by atoms with Crippen LogP contribution in [-0.4, -0.2) is 35.5 Å². The second-order valence-corrected chi connectivity index (χ2v) is 7.88. The summed E-state index contributed by atoms with van der Waals surface area (Å²) < 4.78 is 10.4. The molecule has 1 N–H and O–H groups in total. The first-order chi connectivity index (χ1) is 14.4. The molecule has 158 valence electrons. The van der Waals surface area contributed by atoms with Crippen molar-refractivity contribution >= 4 is 23.2 Å². The Morgan fingerprint density at radius 1 is 1.10 bits per heavy atom. The summed E-state index contributed by atoms with van der Waals surface area (Å²) in [5.41, 5.74) is 4.03. The summed E-state index contributed by atoms with van der Waals surface area (Å²) in [7, 11) is 1.63. The van der Waals surface area contributed by atoms with E-state index in [1.807, 2.05) is 55.6 Å². The number of H-pyrrole nitrogens is 1. The molecule has 0 saturated heterocycles. The number of esters is 1. The number of hydrogen-bond donors (Lipinski definition) is 1. The molecule has 0 spiro atoms. The maximum Gasteiger partial charge on any atom is 0.355 e. The number of ether oxygens (including phenoxy) is 2. The predicted octanol–water partition coefficient (Wildman–Crippen LogP) is 4.72. The molecule has 0 aliphatic heterocycles. The van der Waals surface area contributed by atoms with Crippen LogP contribution in [0.15, 0.2) is 41.8 Å². The van der Waals surface area contributed by atoms with E-state index < -0.39 is 0 Å². The average molecular weight is 427 g/mol. The highest BCUT2D eigenvalue weighted by Gasteiger charge is 2.23. The predicted molar refractivity (Wildman–Crippen MR) is 117 cm³/mol. The van der Waals surface area contributed by atoms with E-state index in [9.17, 15) is 9.59 Å². The summed E-state index contributed by atoms with van der Waals surface area (Å²) in [6.45, 7) is 6.71. The molecular weight excluding hydrogens is 400 g/mol. The zero-order chi connectivity index (χ0) is 21.7. The Hall–Kier alpha value is -3.06. The van der Waals surface area contributed by atoms with Crippen molar-refractivity contribution < 1.29 is 19.1 Å². The van der Waals surface area contributed by atoms with Crippen molar-refractivity contribution in [3.05, 3.63) is 74.7 Å². The minimum Gasteiger partial charge on any atom is -0.497 e. The number of aromatic amines is 1. The number of amides is 1. The molecule has 30 heavy (non-hydrogen) atoms. The molecule has 2 heterocycles. The molecule has 0 aliphatic rings. The van der Waals surface area contributed by atoms with Crippen molar-refractivity contribution in [1.29, 1.82) is 0 Å². The van der Waals surface area contributed by atoms with E-state index >= 15 is 0 Å². The lowest BCUT2D eigenvalue weighted by Gasteiger charge is -2.23. The maximum absolute atomic E-state index is 13.2. The van der Waals surface area contributed by atoms with Crippen LogP contribution in [0.4, 0.5) is 0 Å². The summed E-state index contributed by atoms with van der Waals surface area (Å²) >= 11 is 1.42. The number of thiophene rings is 1. The van der Waals surface area contributed by atoms with Gasteiger partial charge in [-0.25, -0.2) is 4.79 Å². The summed E-state index contributed by atoms with van der Waals surface area (Å²) in [5, 5.41) is 1.89. The van der Waals surface area contributed by atoms with Gasteiger partial charge in [0.25, 0.3) is 5.91 Å². The quantitative estimate of drug-likeness (QED) is 0.529. The van der Waals surface area contributed by atoms with Gasteiger partial charge in [0.1, 0.15) is 11.4 Å². The number of carbonyl (C=O) groups is 2. The lowest BCUT2D eigenvalue weighted by atomic mass is 10.1. The number of nitrogens with one attached hydrogen (secondary N) is 1. The molecule has 1 amide bonds. The van der Waals surface area contributed by atoms with E-state index in [1.54, 1.807) is 18.9 Å². The molecule has 2 aromatic heterocycles. The molecule has 1 aromatic carbocycles. The first-order valence-electron chi connectivity index (χ1n) is 9.75. The third-order valence-electron chi connectivity index (χ3n) is 4.97. The minimum atomic E-state index is -0.379. The van der Waals surface area contributed by atoms with Crippen molar-refractivity contribution in [1.82, 2.24) is 9.88 Å². The van der Waals surface area contributed by atoms with Crippen LogP contribution in [0.1, 0.15) is 49.5 Å². The van der Waals surface area contributed by atoms with Crippen LogP contribution >= 0.6 is 11.3 Å². The first kappa shape index (κ1) is 21.6. The maximum atomic E-state index is 13.2. The Morgan fingerprint density at radius 2 is 1.83 bits per heavy atom. The van der Waals surface area contributed by atoms with Crippen molar-refractivity contribution in [3.8, 4) is 5.75 Å². The Labute approximate surface area is 180 Å². The highest BCUT2D eigenvalue weighted by Crippen LogP contribution is 2.24. The molecule has 0 unspecified atom stereocenters. The molecular formula is C23H26N2O4S. The molecule has 3 rings (SSSR count). The summed E-state index contributed by atoms with van der Waals surface area (Å²) in [6, 6.07) is 11.4. The van der Waals surface area contributed by atoms with Gasteiger partial charge in [0, 0.05) is 18.8 Å². The topological polar surface area (TPSA) is 71.6 Å². The lowest BCUT2D eigenvalue weighted by molar-refractivity contribution is 0.0519. The van der Waals surface area contributed by atoms with Gasteiger partial charge in [0.15, 0.2) is 0 Å². The van der Waals surface area contributed by atoms with Crippen LogP contribution in [0.25, 0.3) is 0 Å². The number of aryl methyl sites for hydroxylation is 1. The Balaban J connectivity index is 1.90. The fourth-order valence-corrected chi connectivity index (χ4v) is 4.02. The monoisotopic (exact) mass is 426 g/mol. The van der Waals surface area contributed by atoms with Crippen molar-refractivity contribution in [2.24, 2.45) is 0 Å². The molecule has 0 fully saturated rings. The van der Waals surface area contributed by atoms with E-state index in [0.717, 1.165) is 28.1 Å². The molecule has 7 heteroatoms. The van der Waals surface area contributed by atoms with Crippen LogP contribution in [0.3, 0.4) is 0 Å². The number of benzene rings is 1. The van der Waals surface area contributed by atoms with E-state index in [-0.39, 0.29) is 11.9 Å².